The largest absolute Gasteiger partial charge is 0.510 e. The fourth-order valence-corrected chi connectivity index (χ4v) is 3.14. The Kier molecular flexibility index (Phi) is 13.5. The Bertz CT molecular complexity index is 886. The van der Waals surface area contributed by atoms with Crippen LogP contribution in [0.1, 0.15) is 85.1 Å². The lowest BCUT2D eigenvalue weighted by Gasteiger charge is -2.32. The molecule has 10 heteroatoms. The number of carbonyl (C=O) groups is 4. The highest BCUT2D eigenvalue weighted by molar-refractivity contribution is 5.81. The van der Waals surface area contributed by atoms with E-state index in [9.17, 15) is 24.3 Å². The highest BCUT2D eigenvalue weighted by Crippen LogP contribution is 2.31. The van der Waals surface area contributed by atoms with Crippen LogP contribution in [0.25, 0.3) is 0 Å². The van der Waals surface area contributed by atoms with E-state index in [4.69, 9.17) is 18.9 Å². The molecule has 1 rings (SSSR count). The van der Waals surface area contributed by atoms with Crippen LogP contribution in [0.5, 0.6) is 11.5 Å². The van der Waals surface area contributed by atoms with Crippen molar-refractivity contribution in [3.05, 3.63) is 23.8 Å². The third-order valence-electron chi connectivity index (χ3n) is 5.23. The third kappa shape index (κ3) is 10.2. The molecule has 0 heterocycles. The van der Waals surface area contributed by atoms with E-state index in [2.05, 4.69) is 5.32 Å². The SMILES string of the molecule is CCCCOC(=O)O[C@](Cc1ccc(OC(=O)CCC)c(OC(=O)CCC)c1)(NC(C)CC)C(=O)O. The molecule has 0 amide bonds. The zero-order chi connectivity index (χ0) is 27.1. The summed E-state index contributed by atoms with van der Waals surface area (Å²) in [6, 6.07) is 4.03. The number of carboxylic acids is 1. The Labute approximate surface area is 212 Å². The summed E-state index contributed by atoms with van der Waals surface area (Å²) in [7, 11) is 0. The molecule has 2 N–H and O–H groups in total. The Morgan fingerprint density at radius 1 is 0.944 bits per heavy atom. The molecule has 0 saturated heterocycles. The molecule has 0 fully saturated rings. The van der Waals surface area contributed by atoms with Gasteiger partial charge in [-0.3, -0.25) is 14.9 Å². The van der Waals surface area contributed by atoms with Crippen LogP contribution in [0.4, 0.5) is 4.79 Å². The summed E-state index contributed by atoms with van der Waals surface area (Å²) in [5, 5.41) is 13.0. The zero-order valence-corrected chi connectivity index (χ0v) is 21.9. The van der Waals surface area contributed by atoms with Crippen molar-refractivity contribution in [2.45, 2.75) is 97.8 Å². The van der Waals surface area contributed by atoms with Crippen molar-refractivity contribution in [3.8, 4) is 11.5 Å². The molecule has 1 aromatic carbocycles. The lowest BCUT2D eigenvalue weighted by molar-refractivity contribution is -0.167. The number of hydrogen-bond acceptors (Lipinski definition) is 9. The second kappa shape index (κ2) is 15.8. The molecule has 0 bridgehead atoms. The summed E-state index contributed by atoms with van der Waals surface area (Å²) in [6.45, 7) is 9.29. The van der Waals surface area contributed by atoms with Crippen LogP contribution in [-0.4, -0.2) is 47.5 Å². The smallest absolute Gasteiger partial charge is 0.477 e. The van der Waals surface area contributed by atoms with Gasteiger partial charge in [0.2, 0.25) is 0 Å². The van der Waals surface area contributed by atoms with Crippen LogP contribution in [0, 0.1) is 0 Å². The molecule has 1 unspecified atom stereocenters. The number of aliphatic carboxylic acids is 1. The van der Waals surface area contributed by atoms with E-state index in [0.29, 0.717) is 31.2 Å². The molecule has 0 aliphatic carbocycles. The number of unbranched alkanes of at least 4 members (excludes halogenated alkanes) is 1. The molecular weight excluding hydrogens is 470 g/mol. The number of benzene rings is 1. The topological polar surface area (TPSA) is 137 Å². The predicted octanol–water partition coefficient (Wildman–Crippen LogP) is 4.76. The Hall–Kier alpha value is -3.14. The third-order valence-corrected chi connectivity index (χ3v) is 5.23. The van der Waals surface area contributed by atoms with Gasteiger partial charge < -0.3 is 24.1 Å². The Balaban J connectivity index is 3.37. The minimum Gasteiger partial charge on any atom is -0.477 e. The monoisotopic (exact) mass is 509 g/mol. The van der Waals surface area contributed by atoms with Crippen molar-refractivity contribution in [3.63, 3.8) is 0 Å². The normalized spacial score (nSPS) is 13.2. The minimum atomic E-state index is -2.15. The van der Waals surface area contributed by atoms with Crippen molar-refractivity contribution >= 4 is 24.1 Å². The van der Waals surface area contributed by atoms with Gasteiger partial charge in [0, 0.05) is 25.3 Å². The Morgan fingerprint density at radius 2 is 1.56 bits per heavy atom. The first-order chi connectivity index (χ1) is 17.1. The van der Waals surface area contributed by atoms with E-state index >= 15 is 0 Å². The molecule has 10 nitrogen and oxygen atoms in total. The van der Waals surface area contributed by atoms with Gasteiger partial charge >= 0.3 is 24.1 Å². The first-order valence-corrected chi connectivity index (χ1v) is 12.5. The molecule has 0 radical (unpaired) electrons. The van der Waals surface area contributed by atoms with Crippen LogP contribution < -0.4 is 14.8 Å². The van der Waals surface area contributed by atoms with E-state index in [1.54, 1.807) is 6.92 Å². The lowest BCUT2D eigenvalue weighted by atomic mass is 10.00. The fraction of sp³-hybridized carbons (Fsp3) is 0.615. The number of esters is 2. The van der Waals surface area contributed by atoms with Crippen LogP contribution >= 0.6 is 0 Å². The quantitative estimate of drug-likeness (QED) is 0.139. The van der Waals surface area contributed by atoms with Gasteiger partial charge in [-0.1, -0.05) is 40.2 Å². The van der Waals surface area contributed by atoms with Gasteiger partial charge in [-0.25, -0.2) is 9.59 Å². The summed E-state index contributed by atoms with van der Waals surface area (Å²) >= 11 is 0. The average Bonchev–Trinajstić information content (AvgIpc) is 2.81. The molecule has 0 spiro atoms. The molecule has 2 atom stereocenters. The van der Waals surface area contributed by atoms with Gasteiger partial charge in [-0.05, 0) is 50.3 Å². The standard InChI is InChI=1S/C26H39NO9/c1-6-10-15-33-25(32)36-26(24(30)31,27-18(5)9-4)17-19-13-14-20(34-22(28)11-7-2)21(16-19)35-23(29)12-8-3/h13-14,16,18,27H,6-12,15,17H2,1-5H3,(H,30,31)/t18?,26-/m0/s1. The van der Waals surface area contributed by atoms with Gasteiger partial charge in [0.1, 0.15) is 0 Å². The van der Waals surface area contributed by atoms with Crippen molar-refractivity contribution in [2.24, 2.45) is 0 Å². The number of rotatable bonds is 16. The molecule has 1 aromatic rings. The minimum absolute atomic E-state index is 0.0243. The maximum atomic E-state index is 12.4. The maximum Gasteiger partial charge on any atom is 0.510 e. The highest BCUT2D eigenvalue weighted by Gasteiger charge is 2.44. The Morgan fingerprint density at radius 3 is 2.08 bits per heavy atom. The lowest BCUT2D eigenvalue weighted by Crippen LogP contribution is -2.59. The van der Waals surface area contributed by atoms with E-state index in [1.165, 1.54) is 18.2 Å². The number of ether oxygens (including phenoxy) is 4. The van der Waals surface area contributed by atoms with E-state index < -0.39 is 29.8 Å². The molecule has 202 valence electrons. The van der Waals surface area contributed by atoms with Crippen molar-refractivity contribution in [2.75, 3.05) is 6.61 Å². The second-order valence-corrected chi connectivity index (χ2v) is 8.55. The zero-order valence-electron chi connectivity index (χ0n) is 21.9. The summed E-state index contributed by atoms with van der Waals surface area (Å²) in [4.78, 5) is 49.0. The summed E-state index contributed by atoms with van der Waals surface area (Å²) in [6.07, 6.45) is 2.00. The van der Waals surface area contributed by atoms with Crippen LogP contribution in [0.2, 0.25) is 0 Å². The number of nitrogens with one attached hydrogen (secondary N) is 1. The fourth-order valence-electron chi connectivity index (χ4n) is 3.14. The molecule has 0 aliphatic heterocycles. The van der Waals surface area contributed by atoms with Crippen molar-refractivity contribution < 1.29 is 43.2 Å². The molecule has 0 saturated carbocycles. The summed E-state index contributed by atoms with van der Waals surface area (Å²) < 4.78 is 21.1. The number of carboxylic acid groups (broad SMARTS) is 1. The van der Waals surface area contributed by atoms with E-state index in [-0.39, 0.29) is 43.4 Å². The molecule has 0 aromatic heterocycles. The van der Waals surface area contributed by atoms with Crippen LogP contribution in [0.15, 0.2) is 18.2 Å². The second-order valence-electron chi connectivity index (χ2n) is 8.55. The maximum absolute atomic E-state index is 12.4. The predicted molar refractivity (Wildman–Crippen MR) is 132 cm³/mol. The first kappa shape index (κ1) is 30.9. The van der Waals surface area contributed by atoms with Crippen LogP contribution in [-0.2, 0) is 30.3 Å². The molecule has 0 aliphatic rings. The van der Waals surface area contributed by atoms with Crippen molar-refractivity contribution in [1.82, 2.24) is 5.32 Å². The number of hydrogen-bond donors (Lipinski definition) is 2. The van der Waals surface area contributed by atoms with E-state index in [0.717, 1.165) is 6.42 Å². The van der Waals surface area contributed by atoms with Gasteiger partial charge in [-0.15, -0.1) is 0 Å². The van der Waals surface area contributed by atoms with Crippen molar-refractivity contribution in [1.29, 1.82) is 0 Å². The average molecular weight is 510 g/mol. The van der Waals surface area contributed by atoms with Crippen LogP contribution in [0.3, 0.4) is 0 Å². The number of carbonyl (C=O) groups excluding carboxylic acids is 3. The van der Waals surface area contributed by atoms with Gasteiger partial charge in [-0.2, -0.15) is 0 Å². The van der Waals surface area contributed by atoms with Gasteiger partial charge in [0.15, 0.2) is 11.5 Å². The van der Waals surface area contributed by atoms with Gasteiger partial charge in [0.25, 0.3) is 5.72 Å². The summed E-state index contributed by atoms with van der Waals surface area (Å²) in [5.74, 6) is -2.42. The highest BCUT2D eigenvalue weighted by atomic mass is 16.7. The van der Waals surface area contributed by atoms with Gasteiger partial charge in [0.05, 0.1) is 6.61 Å². The van der Waals surface area contributed by atoms with E-state index in [1.807, 2.05) is 27.7 Å². The first-order valence-electron chi connectivity index (χ1n) is 12.5. The molecule has 36 heavy (non-hydrogen) atoms. The summed E-state index contributed by atoms with van der Waals surface area (Å²) in [5.41, 5.74) is -1.78. The molecular formula is C26H39NO9.